The van der Waals surface area contributed by atoms with Crippen LogP contribution in [0.4, 0.5) is 0 Å². The fraction of sp³-hybridized carbons (Fsp3) is 1.00. The van der Waals surface area contributed by atoms with Crippen LogP contribution in [-0.4, -0.2) is 24.5 Å². The number of likely N-dealkylation sites (tertiary alicyclic amines) is 1. The predicted molar refractivity (Wildman–Crippen MR) is 49.7 cm³/mol. The summed E-state index contributed by atoms with van der Waals surface area (Å²) < 4.78 is 0. The van der Waals surface area contributed by atoms with Crippen molar-refractivity contribution in [3.63, 3.8) is 0 Å². The maximum absolute atomic E-state index is 2.61. The Morgan fingerprint density at radius 2 is 1.91 bits per heavy atom. The van der Waals surface area contributed by atoms with Crippen molar-refractivity contribution < 1.29 is 0 Å². The van der Waals surface area contributed by atoms with E-state index in [0.717, 1.165) is 5.92 Å². The zero-order valence-corrected chi connectivity index (χ0v) is 7.97. The maximum atomic E-state index is 2.61. The highest BCUT2D eigenvalue weighted by Gasteiger charge is 2.13. The van der Waals surface area contributed by atoms with Gasteiger partial charge in [-0.15, -0.1) is 0 Å². The van der Waals surface area contributed by atoms with Crippen LogP contribution in [0.3, 0.4) is 0 Å². The molecule has 0 saturated carbocycles. The summed E-state index contributed by atoms with van der Waals surface area (Å²) in [6, 6.07) is 0. The van der Waals surface area contributed by atoms with Gasteiger partial charge < -0.3 is 4.90 Å². The first-order chi connectivity index (χ1) is 5.33. The van der Waals surface area contributed by atoms with Crippen molar-refractivity contribution in [3.8, 4) is 0 Å². The van der Waals surface area contributed by atoms with Crippen molar-refractivity contribution in [2.75, 3.05) is 19.6 Å². The summed E-state index contributed by atoms with van der Waals surface area (Å²) >= 11 is 0. The minimum absolute atomic E-state index is 0.915. The Bertz CT molecular complexity index is 95.0. The average Bonchev–Trinajstić information content (AvgIpc) is 2.40. The van der Waals surface area contributed by atoms with Gasteiger partial charge in [0.1, 0.15) is 0 Å². The SMILES string of the molecule is CCCC(C)CN1CCCC1. The molecule has 0 spiro atoms. The van der Waals surface area contributed by atoms with Crippen molar-refractivity contribution >= 4 is 0 Å². The first-order valence-electron chi connectivity index (χ1n) is 5.05. The molecule has 1 fully saturated rings. The van der Waals surface area contributed by atoms with E-state index in [0.29, 0.717) is 0 Å². The molecule has 1 heteroatoms. The molecule has 0 bridgehead atoms. The Hall–Kier alpha value is -0.0400. The fourth-order valence-electron chi connectivity index (χ4n) is 1.99. The Morgan fingerprint density at radius 1 is 1.27 bits per heavy atom. The lowest BCUT2D eigenvalue weighted by atomic mass is 10.1. The van der Waals surface area contributed by atoms with E-state index in [1.165, 1.54) is 45.3 Å². The van der Waals surface area contributed by atoms with Crippen LogP contribution in [0.25, 0.3) is 0 Å². The normalized spacial score (nSPS) is 22.4. The van der Waals surface area contributed by atoms with Crippen molar-refractivity contribution in [1.82, 2.24) is 4.90 Å². The van der Waals surface area contributed by atoms with Gasteiger partial charge in [-0.3, -0.25) is 0 Å². The largest absolute Gasteiger partial charge is 0.303 e. The topological polar surface area (TPSA) is 3.24 Å². The van der Waals surface area contributed by atoms with Crippen LogP contribution in [0.1, 0.15) is 39.5 Å². The van der Waals surface area contributed by atoms with Crippen molar-refractivity contribution in [2.24, 2.45) is 5.92 Å². The third-order valence-corrected chi connectivity index (χ3v) is 2.55. The molecule has 0 N–H and O–H groups in total. The van der Waals surface area contributed by atoms with Gasteiger partial charge in [-0.25, -0.2) is 0 Å². The molecular formula is C10H21N. The quantitative estimate of drug-likeness (QED) is 0.603. The smallest absolute Gasteiger partial charge is 0.000702 e. The van der Waals surface area contributed by atoms with Crippen molar-refractivity contribution in [3.05, 3.63) is 0 Å². The zero-order chi connectivity index (χ0) is 8.10. The summed E-state index contributed by atoms with van der Waals surface area (Å²) in [5.74, 6) is 0.915. The molecular weight excluding hydrogens is 134 g/mol. The molecule has 1 rings (SSSR count). The number of hydrogen-bond donors (Lipinski definition) is 0. The third-order valence-electron chi connectivity index (χ3n) is 2.55. The van der Waals surface area contributed by atoms with Crippen LogP contribution >= 0.6 is 0 Å². The van der Waals surface area contributed by atoms with Crippen LogP contribution in [0.5, 0.6) is 0 Å². The Morgan fingerprint density at radius 3 is 2.45 bits per heavy atom. The summed E-state index contributed by atoms with van der Waals surface area (Å²) in [6.07, 6.45) is 5.60. The Balaban J connectivity index is 2.08. The van der Waals surface area contributed by atoms with Gasteiger partial charge in [0.25, 0.3) is 0 Å². The highest BCUT2D eigenvalue weighted by atomic mass is 15.1. The highest BCUT2D eigenvalue weighted by molar-refractivity contribution is 4.68. The van der Waals surface area contributed by atoms with Crippen LogP contribution in [0, 0.1) is 5.92 Å². The van der Waals surface area contributed by atoms with Crippen molar-refractivity contribution in [1.29, 1.82) is 0 Å². The van der Waals surface area contributed by atoms with E-state index < -0.39 is 0 Å². The third kappa shape index (κ3) is 3.24. The van der Waals surface area contributed by atoms with Crippen LogP contribution in [0.2, 0.25) is 0 Å². The molecule has 66 valence electrons. The van der Waals surface area contributed by atoms with Gasteiger partial charge in [0, 0.05) is 6.54 Å². The van der Waals surface area contributed by atoms with E-state index in [-0.39, 0.29) is 0 Å². The highest BCUT2D eigenvalue weighted by Crippen LogP contribution is 2.12. The van der Waals surface area contributed by atoms with E-state index in [4.69, 9.17) is 0 Å². The van der Waals surface area contributed by atoms with Gasteiger partial charge in [0.15, 0.2) is 0 Å². The average molecular weight is 155 g/mol. The number of hydrogen-bond acceptors (Lipinski definition) is 1. The first kappa shape index (κ1) is 9.05. The molecule has 0 aromatic rings. The summed E-state index contributed by atoms with van der Waals surface area (Å²) in [6.45, 7) is 8.71. The molecule has 0 aromatic carbocycles. The van der Waals surface area contributed by atoms with Gasteiger partial charge in [0.05, 0.1) is 0 Å². The summed E-state index contributed by atoms with van der Waals surface area (Å²) in [5.41, 5.74) is 0. The van der Waals surface area contributed by atoms with Gasteiger partial charge >= 0.3 is 0 Å². The first-order valence-corrected chi connectivity index (χ1v) is 5.05. The molecule has 1 heterocycles. The second-order valence-corrected chi connectivity index (χ2v) is 3.90. The molecule has 1 aliphatic heterocycles. The molecule has 1 saturated heterocycles. The minimum atomic E-state index is 0.915. The van der Waals surface area contributed by atoms with E-state index >= 15 is 0 Å². The summed E-state index contributed by atoms with van der Waals surface area (Å²) in [7, 11) is 0. The molecule has 1 nitrogen and oxygen atoms in total. The molecule has 0 aromatic heterocycles. The lowest BCUT2D eigenvalue weighted by Crippen LogP contribution is -2.25. The second-order valence-electron chi connectivity index (χ2n) is 3.90. The minimum Gasteiger partial charge on any atom is -0.303 e. The number of nitrogens with zero attached hydrogens (tertiary/aromatic N) is 1. The van der Waals surface area contributed by atoms with E-state index in [1.807, 2.05) is 0 Å². The molecule has 1 atom stereocenters. The Labute approximate surface area is 70.8 Å². The zero-order valence-electron chi connectivity index (χ0n) is 7.97. The maximum Gasteiger partial charge on any atom is 0.000702 e. The standard InChI is InChI=1S/C10H21N/c1-3-6-10(2)9-11-7-4-5-8-11/h10H,3-9H2,1-2H3. The Kier molecular flexibility index (Phi) is 3.92. The monoisotopic (exact) mass is 155 g/mol. The summed E-state index contributed by atoms with van der Waals surface area (Å²) in [4.78, 5) is 2.61. The lowest BCUT2D eigenvalue weighted by Gasteiger charge is -2.19. The molecule has 0 radical (unpaired) electrons. The molecule has 0 aliphatic carbocycles. The van der Waals surface area contributed by atoms with Gasteiger partial charge in [-0.1, -0.05) is 20.3 Å². The van der Waals surface area contributed by atoms with Gasteiger partial charge in [-0.05, 0) is 38.3 Å². The van der Waals surface area contributed by atoms with Crippen LogP contribution in [0.15, 0.2) is 0 Å². The summed E-state index contributed by atoms with van der Waals surface area (Å²) in [5, 5.41) is 0. The van der Waals surface area contributed by atoms with Crippen LogP contribution in [-0.2, 0) is 0 Å². The van der Waals surface area contributed by atoms with Crippen molar-refractivity contribution in [2.45, 2.75) is 39.5 Å². The van der Waals surface area contributed by atoms with Gasteiger partial charge in [-0.2, -0.15) is 0 Å². The predicted octanol–water partition coefficient (Wildman–Crippen LogP) is 2.52. The second kappa shape index (κ2) is 4.76. The van der Waals surface area contributed by atoms with E-state index in [1.54, 1.807) is 0 Å². The molecule has 11 heavy (non-hydrogen) atoms. The fourth-order valence-corrected chi connectivity index (χ4v) is 1.99. The molecule has 1 aliphatic rings. The van der Waals surface area contributed by atoms with E-state index in [9.17, 15) is 0 Å². The van der Waals surface area contributed by atoms with Crippen LogP contribution < -0.4 is 0 Å². The lowest BCUT2D eigenvalue weighted by molar-refractivity contribution is 0.279. The van der Waals surface area contributed by atoms with Gasteiger partial charge in [0.2, 0.25) is 0 Å². The molecule has 1 unspecified atom stereocenters. The number of rotatable bonds is 4. The molecule has 0 amide bonds. The van der Waals surface area contributed by atoms with E-state index in [2.05, 4.69) is 18.7 Å².